The Balaban J connectivity index is 0.758. The van der Waals surface area contributed by atoms with E-state index in [1.54, 1.807) is 41.3 Å². The molecule has 304 valence electrons. The van der Waals surface area contributed by atoms with Crippen molar-refractivity contribution in [3.05, 3.63) is 71.9 Å². The smallest absolute Gasteiger partial charge is 0.255 e. The van der Waals surface area contributed by atoms with E-state index in [-0.39, 0.29) is 61.7 Å². The fourth-order valence-electron chi connectivity index (χ4n) is 7.03. The first-order valence-corrected chi connectivity index (χ1v) is 19.2. The van der Waals surface area contributed by atoms with Gasteiger partial charge in [0.25, 0.3) is 5.91 Å². The number of nitrogen functional groups attached to an aromatic ring is 1. The van der Waals surface area contributed by atoms with Crippen molar-refractivity contribution in [2.24, 2.45) is 5.92 Å². The second kappa shape index (κ2) is 20.0. The van der Waals surface area contributed by atoms with Crippen LogP contribution in [0.4, 0.5) is 17.2 Å². The van der Waals surface area contributed by atoms with Gasteiger partial charge < -0.3 is 55.5 Å². The van der Waals surface area contributed by atoms with E-state index in [1.165, 1.54) is 0 Å². The molecule has 3 aromatic rings. The summed E-state index contributed by atoms with van der Waals surface area (Å²) in [5.41, 5.74) is 10.3. The number of anilines is 3. The van der Waals surface area contributed by atoms with E-state index >= 15 is 0 Å². The van der Waals surface area contributed by atoms with E-state index in [0.717, 1.165) is 5.69 Å². The zero-order valence-electron chi connectivity index (χ0n) is 31.9. The number of carbonyl (C=O) groups is 4. The highest BCUT2D eigenvalue weighted by molar-refractivity contribution is 6.04. The number of rotatable bonds is 19. The molecule has 17 heteroatoms. The molecule has 3 aliphatic heterocycles. The van der Waals surface area contributed by atoms with Crippen LogP contribution in [0.3, 0.4) is 0 Å². The summed E-state index contributed by atoms with van der Waals surface area (Å²) in [5, 5.41) is 27.0. The van der Waals surface area contributed by atoms with E-state index < -0.39 is 6.04 Å². The molecular formula is C40H50N8O9. The quantitative estimate of drug-likeness (QED) is 0.110. The van der Waals surface area contributed by atoms with E-state index in [9.17, 15) is 24.3 Å². The molecule has 0 spiro atoms. The zero-order chi connectivity index (χ0) is 40.1. The number of aromatic nitrogens is 2. The number of para-hydroxylation sites is 1. The van der Waals surface area contributed by atoms with Crippen molar-refractivity contribution in [1.82, 2.24) is 25.7 Å². The summed E-state index contributed by atoms with van der Waals surface area (Å²) in [7, 11) is 0. The SMILES string of the molecule is C=C1CCC(N2Cc3c(NC(=O)COCCOCCOCCOCCNC(=O)C4CCN(c5cc(-c6ccccc6O)nnc5N)CC4)cccc3C2=O)C(=O)N1. The highest BCUT2D eigenvalue weighted by Gasteiger charge is 2.39. The molecule has 0 bridgehead atoms. The maximum Gasteiger partial charge on any atom is 0.255 e. The Labute approximate surface area is 330 Å². The molecule has 6 rings (SSSR count). The fourth-order valence-corrected chi connectivity index (χ4v) is 7.03. The zero-order valence-corrected chi connectivity index (χ0v) is 31.9. The predicted molar refractivity (Wildman–Crippen MR) is 210 cm³/mol. The standard InChI is InChI=1S/C40H50N8O9/c1-26-9-10-33(39(52)43-26)48-24-30-28(40(48)53)6-4-7-31(30)44-36(50)25-57-22-21-56-20-19-55-18-17-54-16-13-42-38(51)27-11-14-47(15-12-27)34-23-32(45-46-37(34)41)29-5-2-3-8-35(29)49/h2-8,23,27,33,49H,1,9-22,24-25H2,(H2,41,46)(H,42,51)(H,43,52)(H,44,50). The summed E-state index contributed by atoms with van der Waals surface area (Å²) in [5.74, 6) is -0.546. The molecule has 6 N–H and O–H groups in total. The Hall–Kier alpha value is -5.62. The number of ether oxygens (including phenoxy) is 4. The highest BCUT2D eigenvalue weighted by Crippen LogP contribution is 2.34. The molecule has 0 saturated carbocycles. The van der Waals surface area contributed by atoms with Gasteiger partial charge in [0.1, 0.15) is 18.4 Å². The van der Waals surface area contributed by atoms with Crippen LogP contribution in [0.5, 0.6) is 5.75 Å². The third kappa shape index (κ3) is 10.8. The van der Waals surface area contributed by atoms with Crippen molar-refractivity contribution in [1.29, 1.82) is 0 Å². The summed E-state index contributed by atoms with van der Waals surface area (Å²) >= 11 is 0. The Kier molecular flexibility index (Phi) is 14.4. The van der Waals surface area contributed by atoms with E-state index in [4.69, 9.17) is 24.7 Å². The van der Waals surface area contributed by atoms with Crippen molar-refractivity contribution >= 4 is 40.8 Å². The van der Waals surface area contributed by atoms with Crippen molar-refractivity contribution in [3.63, 3.8) is 0 Å². The van der Waals surface area contributed by atoms with E-state index in [2.05, 4.69) is 37.6 Å². The van der Waals surface area contributed by atoms with Crippen LogP contribution in [0.2, 0.25) is 0 Å². The number of amides is 4. The molecule has 2 fully saturated rings. The lowest BCUT2D eigenvalue weighted by molar-refractivity contribution is -0.126. The Morgan fingerprint density at radius 1 is 0.895 bits per heavy atom. The highest BCUT2D eigenvalue weighted by atomic mass is 16.6. The number of nitrogens with one attached hydrogen (secondary N) is 3. The Morgan fingerprint density at radius 2 is 1.58 bits per heavy atom. The van der Waals surface area contributed by atoms with Gasteiger partial charge in [0.05, 0.1) is 57.6 Å². The number of benzene rings is 2. The van der Waals surface area contributed by atoms with Crippen LogP contribution in [0.1, 0.15) is 41.6 Å². The van der Waals surface area contributed by atoms with Crippen molar-refractivity contribution in [2.75, 3.05) is 88.4 Å². The normalized spacial score (nSPS) is 17.1. The van der Waals surface area contributed by atoms with Crippen LogP contribution in [0, 0.1) is 5.92 Å². The molecule has 1 atom stereocenters. The third-order valence-corrected chi connectivity index (χ3v) is 10.1. The average Bonchev–Trinajstić information content (AvgIpc) is 3.54. The van der Waals surface area contributed by atoms with Gasteiger partial charge in [-0.2, -0.15) is 0 Å². The van der Waals surface area contributed by atoms with Crippen molar-refractivity contribution in [2.45, 2.75) is 38.3 Å². The number of nitrogens with two attached hydrogens (primary N) is 1. The monoisotopic (exact) mass is 786 g/mol. The topological polar surface area (TPSA) is 220 Å². The minimum Gasteiger partial charge on any atom is -0.507 e. The first-order valence-electron chi connectivity index (χ1n) is 19.2. The second-order valence-electron chi connectivity index (χ2n) is 13.9. The average molecular weight is 787 g/mol. The molecule has 17 nitrogen and oxygen atoms in total. The molecule has 0 aliphatic carbocycles. The van der Waals surface area contributed by atoms with Crippen LogP contribution in [0.15, 0.2) is 60.8 Å². The predicted octanol–water partition coefficient (Wildman–Crippen LogP) is 2.22. The molecule has 4 amide bonds. The van der Waals surface area contributed by atoms with Crippen molar-refractivity contribution in [3.8, 4) is 17.0 Å². The van der Waals surface area contributed by atoms with Gasteiger partial charge in [0.15, 0.2) is 5.82 Å². The number of hydrogen-bond donors (Lipinski definition) is 5. The first kappa shape index (κ1) is 41.0. The lowest BCUT2D eigenvalue weighted by Gasteiger charge is -2.33. The maximum absolute atomic E-state index is 13.1. The molecule has 57 heavy (non-hydrogen) atoms. The summed E-state index contributed by atoms with van der Waals surface area (Å²) in [6.07, 6.45) is 2.44. The summed E-state index contributed by atoms with van der Waals surface area (Å²) < 4.78 is 22.1. The van der Waals surface area contributed by atoms with Gasteiger partial charge >= 0.3 is 0 Å². The van der Waals surface area contributed by atoms with Crippen LogP contribution < -0.4 is 26.6 Å². The molecule has 3 aliphatic rings. The molecule has 2 saturated heterocycles. The molecule has 0 radical (unpaired) electrons. The Bertz CT molecular complexity index is 1920. The number of phenolic OH excluding ortho intramolecular Hbond substituents is 1. The fraction of sp³-hybridized carbons (Fsp3) is 0.450. The maximum atomic E-state index is 13.1. The third-order valence-electron chi connectivity index (χ3n) is 10.1. The summed E-state index contributed by atoms with van der Waals surface area (Å²) in [6.45, 7) is 7.83. The van der Waals surface area contributed by atoms with Gasteiger partial charge in [-0.15, -0.1) is 10.2 Å². The molecule has 2 aromatic carbocycles. The first-order chi connectivity index (χ1) is 27.7. The minimum atomic E-state index is -0.581. The number of piperidine rings is 2. The van der Waals surface area contributed by atoms with Gasteiger partial charge in [-0.25, -0.2) is 0 Å². The largest absolute Gasteiger partial charge is 0.507 e. The molecular weight excluding hydrogens is 736 g/mol. The van der Waals surface area contributed by atoms with Gasteiger partial charge in [0.2, 0.25) is 17.7 Å². The van der Waals surface area contributed by atoms with Gasteiger partial charge in [0, 0.05) is 60.2 Å². The number of hydrogen-bond acceptors (Lipinski definition) is 13. The minimum absolute atomic E-state index is 0.00416. The number of phenols is 1. The number of aromatic hydroxyl groups is 1. The number of nitrogens with zero attached hydrogens (tertiary/aromatic N) is 4. The number of allylic oxidation sites excluding steroid dienone is 1. The van der Waals surface area contributed by atoms with Crippen LogP contribution in [-0.4, -0.2) is 122 Å². The number of carbonyl (C=O) groups excluding carboxylic acids is 4. The summed E-state index contributed by atoms with van der Waals surface area (Å²) in [6, 6.07) is 13.3. The molecule has 4 heterocycles. The van der Waals surface area contributed by atoms with E-state index in [0.29, 0.717) is 118 Å². The van der Waals surface area contributed by atoms with Gasteiger partial charge in [-0.1, -0.05) is 24.8 Å². The van der Waals surface area contributed by atoms with Crippen LogP contribution >= 0.6 is 0 Å². The summed E-state index contributed by atoms with van der Waals surface area (Å²) in [4.78, 5) is 54.5. The lowest BCUT2D eigenvalue weighted by atomic mass is 9.95. The van der Waals surface area contributed by atoms with Crippen molar-refractivity contribution < 1.29 is 43.2 Å². The second-order valence-corrected chi connectivity index (χ2v) is 13.9. The lowest BCUT2D eigenvalue weighted by Crippen LogP contribution is -2.49. The van der Waals surface area contributed by atoms with Gasteiger partial charge in [-0.3, -0.25) is 19.2 Å². The van der Waals surface area contributed by atoms with Crippen LogP contribution in [-0.2, 0) is 39.9 Å². The van der Waals surface area contributed by atoms with Gasteiger partial charge in [-0.05, 0) is 56.0 Å². The Morgan fingerprint density at radius 3 is 2.30 bits per heavy atom. The van der Waals surface area contributed by atoms with Crippen LogP contribution in [0.25, 0.3) is 11.3 Å². The number of fused-ring (bicyclic) bond motifs is 1. The molecule has 1 unspecified atom stereocenters. The molecule has 1 aromatic heterocycles. The van der Waals surface area contributed by atoms with E-state index in [1.807, 2.05) is 12.1 Å².